The Kier molecular flexibility index (Phi) is 6.18. The number of benzene rings is 1. The summed E-state index contributed by atoms with van der Waals surface area (Å²) in [6.07, 6.45) is 4.80. The van der Waals surface area contributed by atoms with Gasteiger partial charge in [-0.25, -0.2) is 4.98 Å². The average molecular weight is 477 g/mol. The maximum atomic E-state index is 13.0. The zero-order valence-corrected chi connectivity index (χ0v) is 20.2. The summed E-state index contributed by atoms with van der Waals surface area (Å²) in [6, 6.07) is 11.9. The summed E-state index contributed by atoms with van der Waals surface area (Å²) >= 11 is 1.49. The Morgan fingerprint density at radius 1 is 1.18 bits per heavy atom. The SMILES string of the molecule is CC(=O)N[C@H]1c2ccccc2C2(CCN(C(=O)c3csc(C)n3)CC2)[C@@H]1OCc1ccncc1. The Labute approximate surface area is 203 Å². The van der Waals surface area contributed by atoms with Gasteiger partial charge in [-0.15, -0.1) is 11.3 Å². The number of piperidine rings is 1. The Morgan fingerprint density at radius 2 is 1.91 bits per heavy atom. The Morgan fingerprint density at radius 3 is 2.59 bits per heavy atom. The van der Waals surface area contributed by atoms with Crippen molar-refractivity contribution in [1.29, 1.82) is 0 Å². The van der Waals surface area contributed by atoms with E-state index in [4.69, 9.17) is 4.74 Å². The number of nitrogens with zero attached hydrogens (tertiary/aromatic N) is 3. The van der Waals surface area contributed by atoms with Gasteiger partial charge in [-0.2, -0.15) is 0 Å². The van der Waals surface area contributed by atoms with E-state index in [-0.39, 0.29) is 29.4 Å². The second-order valence-corrected chi connectivity index (χ2v) is 10.1. The normalized spacial score (nSPS) is 20.8. The smallest absolute Gasteiger partial charge is 0.273 e. The largest absolute Gasteiger partial charge is 0.370 e. The summed E-state index contributed by atoms with van der Waals surface area (Å²) in [5.41, 5.74) is 3.59. The number of hydrogen-bond acceptors (Lipinski definition) is 6. The molecule has 2 aliphatic rings. The molecule has 8 heteroatoms. The van der Waals surface area contributed by atoms with E-state index in [0.717, 1.165) is 29.0 Å². The van der Waals surface area contributed by atoms with Crippen molar-refractivity contribution in [2.24, 2.45) is 0 Å². The molecule has 0 bridgehead atoms. The van der Waals surface area contributed by atoms with Crippen LogP contribution >= 0.6 is 11.3 Å². The number of aromatic nitrogens is 2. The third kappa shape index (κ3) is 4.12. The number of fused-ring (bicyclic) bond motifs is 2. The number of thiazole rings is 1. The molecule has 0 unspecified atom stereocenters. The van der Waals surface area contributed by atoms with Crippen LogP contribution in [0.5, 0.6) is 0 Å². The van der Waals surface area contributed by atoms with Crippen molar-refractivity contribution in [3.8, 4) is 0 Å². The second-order valence-electron chi connectivity index (χ2n) is 9.05. The van der Waals surface area contributed by atoms with Crippen LogP contribution in [0.2, 0.25) is 0 Å². The molecule has 0 radical (unpaired) electrons. The highest BCUT2D eigenvalue weighted by molar-refractivity contribution is 7.09. The highest BCUT2D eigenvalue weighted by Gasteiger charge is 2.54. The van der Waals surface area contributed by atoms with Crippen LogP contribution in [0.4, 0.5) is 0 Å². The van der Waals surface area contributed by atoms with Gasteiger partial charge in [0, 0.05) is 43.2 Å². The quantitative estimate of drug-likeness (QED) is 0.606. The first-order valence-electron chi connectivity index (χ1n) is 11.6. The Hall–Kier alpha value is -3.10. The van der Waals surface area contributed by atoms with Crippen LogP contribution in [-0.4, -0.2) is 45.9 Å². The number of carbonyl (C=O) groups is 2. The van der Waals surface area contributed by atoms with Crippen molar-refractivity contribution in [3.63, 3.8) is 0 Å². The fourth-order valence-corrected chi connectivity index (χ4v) is 6.02. The van der Waals surface area contributed by atoms with E-state index in [2.05, 4.69) is 27.4 Å². The van der Waals surface area contributed by atoms with Crippen LogP contribution < -0.4 is 5.32 Å². The minimum atomic E-state index is -0.286. The molecule has 1 N–H and O–H groups in total. The minimum absolute atomic E-state index is 0.0156. The van der Waals surface area contributed by atoms with Gasteiger partial charge in [0.05, 0.1) is 23.8 Å². The van der Waals surface area contributed by atoms with Crippen LogP contribution in [0, 0.1) is 6.92 Å². The van der Waals surface area contributed by atoms with Gasteiger partial charge < -0.3 is 15.0 Å². The predicted octanol–water partition coefficient (Wildman–Crippen LogP) is 3.80. The van der Waals surface area contributed by atoms with E-state index >= 15 is 0 Å². The molecule has 2 aromatic heterocycles. The zero-order chi connectivity index (χ0) is 23.7. The van der Waals surface area contributed by atoms with Crippen LogP contribution in [0.1, 0.15) is 58.0 Å². The van der Waals surface area contributed by atoms with E-state index in [1.54, 1.807) is 19.3 Å². The summed E-state index contributed by atoms with van der Waals surface area (Å²) in [4.78, 5) is 35.6. The molecule has 1 saturated heterocycles. The number of hydrogen-bond donors (Lipinski definition) is 1. The van der Waals surface area contributed by atoms with Gasteiger partial charge in [0.25, 0.3) is 5.91 Å². The maximum absolute atomic E-state index is 13.0. The average Bonchev–Trinajstić information content (AvgIpc) is 3.39. The first-order valence-corrected chi connectivity index (χ1v) is 12.4. The van der Waals surface area contributed by atoms with Crippen molar-refractivity contribution in [1.82, 2.24) is 20.2 Å². The second kappa shape index (κ2) is 9.27. The van der Waals surface area contributed by atoms with E-state index < -0.39 is 0 Å². The predicted molar refractivity (Wildman–Crippen MR) is 129 cm³/mol. The third-order valence-electron chi connectivity index (χ3n) is 7.00. The van der Waals surface area contributed by atoms with Gasteiger partial charge in [0.15, 0.2) is 0 Å². The molecule has 1 aliphatic heterocycles. The molecule has 176 valence electrons. The number of nitrogens with one attached hydrogen (secondary N) is 1. The van der Waals surface area contributed by atoms with E-state index in [1.807, 2.05) is 41.5 Å². The van der Waals surface area contributed by atoms with Crippen LogP contribution in [0.25, 0.3) is 0 Å². The summed E-state index contributed by atoms with van der Waals surface area (Å²) in [6.45, 7) is 5.12. The van der Waals surface area contributed by atoms with Gasteiger partial charge >= 0.3 is 0 Å². The molecule has 1 spiro atoms. The van der Waals surface area contributed by atoms with E-state index in [1.165, 1.54) is 16.9 Å². The van der Waals surface area contributed by atoms with Crippen LogP contribution in [0.3, 0.4) is 0 Å². The van der Waals surface area contributed by atoms with E-state index in [9.17, 15) is 9.59 Å². The lowest BCUT2D eigenvalue weighted by molar-refractivity contribution is -0.122. The standard InChI is InChI=1S/C26H28N4O3S/c1-17(31)28-23-20-5-3-4-6-21(20)26(24(23)33-15-19-7-11-27-12-8-19)9-13-30(14-10-26)25(32)22-16-34-18(2)29-22/h3-8,11-12,16,23-24H,9-10,13-15H2,1-2H3,(H,28,31)/t23-,24+/m0/s1. The summed E-state index contributed by atoms with van der Waals surface area (Å²) in [7, 11) is 0. The summed E-state index contributed by atoms with van der Waals surface area (Å²) in [5.74, 6) is -0.0981. The summed E-state index contributed by atoms with van der Waals surface area (Å²) < 4.78 is 6.61. The molecule has 3 aromatic rings. The molecule has 5 rings (SSSR count). The Balaban J connectivity index is 1.44. The molecule has 1 aliphatic carbocycles. The number of amides is 2. The van der Waals surface area contributed by atoms with Gasteiger partial charge in [-0.3, -0.25) is 14.6 Å². The number of likely N-dealkylation sites (tertiary alicyclic amines) is 1. The molecule has 0 saturated carbocycles. The Bertz CT molecular complexity index is 1190. The number of pyridine rings is 1. The molecule has 34 heavy (non-hydrogen) atoms. The zero-order valence-electron chi connectivity index (χ0n) is 19.4. The monoisotopic (exact) mass is 476 g/mol. The molecule has 1 fully saturated rings. The molecular weight excluding hydrogens is 448 g/mol. The highest BCUT2D eigenvalue weighted by atomic mass is 32.1. The van der Waals surface area contributed by atoms with Crippen molar-refractivity contribution in [3.05, 3.63) is 81.6 Å². The first-order chi connectivity index (χ1) is 16.5. The minimum Gasteiger partial charge on any atom is -0.370 e. The van der Waals surface area contributed by atoms with Gasteiger partial charge in [0.1, 0.15) is 5.69 Å². The molecular formula is C26H28N4O3S. The summed E-state index contributed by atoms with van der Waals surface area (Å²) in [5, 5.41) is 5.88. The first kappa shape index (κ1) is 22.7. The lowest BCUT2D eigenvalue weighted by Gasteiger charge is -2.44. The lowest BCUT2D eigenvalue weighted by Crippen LogP contribution is -2.51. The lowest BCUT2D eigenvalue weighted by atomic mass is 9.71. The molecule has 2 atom stereocenters. The van der Waals surface area contributed by atoms with Gasteiger partial charge in [0.2, 0.25) is 5.91 Å². The fraction of sp³-hybridized carbons (Fsp3) is 0.385. The van der Waals surface area contributed by atoms with Crippen molar-refractivity contribution in [2.45, 2.75) is 50.9 Å². The van der Waals surface area contributed by atoms with Crippen LogP contribution in [-0.2, 0) is 21.6 Å². The van der Waals surface area contributed by atoms with Crippen molar-refractivity contribution in [2.75, 3.05) is 13.1 Å². The fourth-order valence-electron chi connectivity index (χ4n) is 5.44. The number of carbonyl (C=O) groups excluding carboxylic acids is 2. The van der Waals surface area contributed by atoms with Crippen molar-refractivity contribution >= 4 is 23.2 Å². The number of rotatable bonds is 5. The van der Waals surface area contributed by atoms with E-state index in [0.29, 0.717) is 25.4 Å². The van der Waals surface area contributed by atoms with Crippen molar-refractivity contribution < 1.29 is 14.3 Å². The van der Waals surface area contributed by atoms with Gasteiger partial charge in [-0.1, -0.05) is 24.3 Å². The maximum Gasteiger partial charge on any atom is 0.273 e. The number of ether oxygens (including phenoxy) is 1. The van der Waals surface area contributed by atoms with Gasteiger partial charge in [-0.05, 0) is 48.6 Å². The third-order valence-corrected chi connectivity index (χ3v) is 7.77. The molecule has 3 heterocycles. The number of aryl methyl sites for hydroxylation is 1. The van der Waals surface area contributed by atoms with Crippen LogP contribution in [0.15, 0.2) is 54.2 Å². The highest BCUT2D eigenvalue weighted by Crippen LogP contribution is 2.52. The molecule has 7 nitrogen and oxygen atoms in total. The molecule has 2 amide bonds. The molecule has 1 aromatic carbocycles. The topological polar surface area (TPSA) is 84.4 Å².